The molecule has 0 heterocycles. The first kappa shape index (κ1) is 13.4. The number of thioether (sulfide) groups is 1. The van der Waals surface area contributed by atoms with Gasteiger partial charge in [-0.1, -0.05) is 13.0 Å². The fraction of sp³-hybridized carbons (Fsp3) is 0.500. The molecule has 0 bridgehead atoms. The zero-order chi connectivity index (χ0) is 11.8. The predicted molar refractivity (Wildman–Crippen MR) is 68.3 cm³/mol. The van der Waals surface area contributed by atoms with Crippen LogP contribution in [0, 0.1) is 0 Å². The van der Waals surface area contributed by atoms with Crippen LogP contribution in [-0.2, 0) is 0 Å². The van der Waals surface area contributed by atoms with Crippen LogP contribution in [0.2, 0.25) is 0 Å². The minimum atomic E-state index is 0.154. The van der Waals surface area contributed by atoms with Crippen molar-refractivity contribution in [2.24, 2.45) is 0 Å². The second kappa shape index (κ2) is 7.54. The molecule has 3 nitrogen and oxygen atoms in total. The Balaban J connectivity index is 2.46. The number of likely N-dealkylation sites (N-methyl/N-ethyl adjacent to an activating group) is 1. The van der Waals surface area contributed by atoms with Crippen LogP contribution in [0.5, 0.6) is 5.75 Å². The van der Waals surface area contributed by atoms with Crippen LogP contribution in [0.15, 0.2) is 29.2 Å². The van der Waals surface area contributed by atoms with Gasteiger partial charge in [0.05, 0.1) is 13.7 Å². The molecule has 1 unspecified atom stereocenters. The number of hydrogen-bond donors (Lipinski definition) is 2. The summed E-state index contributed by atoms with van der Waals surface area (Å²) in [5, 5.41) is 12.4. The molecule has 2 N–H and O–H groups in total. The summed E-state index contributed by atoms with van der Waals surface area (Å²) in [6.07, 6.45) is 0. The Morgan fingerprint density at radius 3 is 2.94 bits per heavy atom. The summed E-state index contributed by atoms with van der Waals surface area (Å²) < 4.78 is 5.16. The summed E-state index contributed by atoms with van der Waals surface area (Å²) >= 11 is 1.72. The number of benzene rings is 1. The Morgan fingerprint density at radius 2 is 2.31 bits per heavy atom. The van der Waals surface area contributed by atoms with Crippen molar-refractivity contribution in [3.63, 3.8) is 0 Å². The van der Waals surface area contributed by atoms with E-state index in [2.05, 4.69) is 5.32 Å². The van der Waals surface area contributed by atoms with Gasteiger partial charge >= 0.3 is 0 Å². The minimum Gasteiger partial charge on any atom is -0.497 e. The van der Waals surface area contributed by atoms with E-state index in [-0.39, 0.29) is 12.6 Å². The van der Waals surface area contributed by atoms with E-state index in [0.29, 0.717) is 0 Å². The van der Waals surface area contributed by atoms with Crippen molar-refractivity contribution >= 4 is 11.8 Å². The lowest BCUT2D eigenvalue weighted by Crippen LogP contribution is -2.34. The topological polar surface area (TPSA) is 41.5 Å². The highest BCUT2D eigenvalue weighted by molar-refractivity contribution is 7.99. The maximum absolute atomic E-state index is 9.14. The van der Waals surface area contributed by atoms with Gasteiger partial charge in [-0.2, -0.15) is 0 Å². The summed E-state index contributed by atoms with van der Waals surface area (Å²) in [6, 6.07) is 8.11. The highest BCUT2D eigenvalue weighted by Gasteiger charge is 2.06. The number of methoxy groups -OCH3 is 1. The van der Waals surface area contributed by atoms with Gasteiger partial charge in [-0.05, 0) is 24.7 Å². The third-order valence-electron chi connectivity index (χ3n) is 2.21. The average molecular weight is 241 g/mol. The average Bonchev–Trinajstić information content (AvgIpc) is 2.34. The maximum Gasteiger partial charge on any atom is 0.119 e. The van der Waals surface area contributed by atoms with E-state index in [0.717, 1.165) is 22.9 Å². The quantitative estimate of drug-likeness (QED) is 0.714. The van der Waals surface area contributed by atoms with Crippen molar-refractivity contribution < 1.29 is 9.84 Å². The highest BCUT2D eigenvalue weighted by Crippen LogP contribution is 2.23. The molecular weight excluding hydrogens is 222 g/mol. The third kappa shape index (κ3) is 4.43. The second-order valence-electron chi connectivity index (χ2n) is 3.43. The fourth-order valence-electron chi connectivity index (χ4n) is 1.35. The van der Waals surface area contributed by atoms with E-state index in [9.17, 15) is 0 Å². The lowest BCUT2D eigenvalue weighted by Gasteiger charge is -2.14. The van der Waals surface area contributed by atoms with Gasteiger partial charge in [0, 0.05) is 16.7 Å². The van der Waals surface area contributed by atoms with Crippen molar-refractivity contribution in [2.45, 2.75) is 17.9 Å². The molecule has 0 aliphatic heterocycles. The van der Waals surface area contributed by atoms with Gasteiger partial charge in [0.15, 0.2) is 0 Å². The molecular formula is C12H19NO2S. The summed E-state index contributed by atoms with van der Waals surface area (Å²) in [5.74, 6) is 1.73. The zero-order valence-corrected chi connectivity index (χ0v) is 10.6. The highest BCUT2D eigenvalue weighted by atomic mass is 32.2. The van der Waals surface area contributed by atoms with Gasteiger partial charge < -0.3 is 15.2 Å². The molecule has 0 aliphatic rings. The lowest BCUT2D eigenvalue weighted by molar-refractivity contribution is 0.255. The van der Waals surface area contributed by atoms with Crippen LogP contribution < -0.4 is 10.1 Å². The second-order valence-corrected chi connectivity index (χ2v) is 4.52. The van der Waals surface area contributed by atoms with E-state index in [1.165, 1.54) is 0 Å². The molecule has 1 aromatic carbocycles. The van der Waals surface area contributed by atoms with Gasteiger partial charge in [-0.15, -0.1) is 11.8 Å². The van der Waals surface area contributed by atoms with Crippen LogP contribution >= 0.6 is 11.8 Å². The van der Waals surface area contributed by atoms with Crippen molar-refractivity contribution in [1.29, 1.82) is 0 Å². The molecule has 1 atom stereocenters. The largest absolute Gasteiger partial charge is 0.497 e. The molecule has 16 heavy (non-hydrogen) atoms. The van der Waals surface area contributed by atoms with E-state index in [4.69, 9.17) is 9.84 Å². The molecule has 1 rings (SSSR count). The number of ether oxygens (including phenoxy) is 1. The molecule has 0 aliphatic carbocycles. The molecule has 90 valence electrons. The predicted octanol–water partition coefficient (Wildman–Crippen LogP) is 1.76. The summed E-state index contributed by atoms with van der Waals surface area (Å²) in [5.41, 5.74) is 0. The molecule has 0 saturated heterocycles. The number of hydrogen-bond acceptors (Lipinski definition) is 4. The Kier molecular flexibility index (Phi) is 6.30. The van der Waals surface area contributed by atoms with Crippen LogP contribution in [0.25, 0.3) is 0 Å². The van der Waals surface area contributed by atoms with E-state index in [1.54, 1.807) is 18.9 Å². The normalized spacial score (nSPS) is 12.4. The number of nitrogens with one attached hydrogen (secondary N) is 1. The molecule has 0 saturated carbocycles. The number of aliphatic hydroxyl groups excluding tert-OH is 1. The van der Waals surface area contributed by atoms with E-state index in [1.807, 2.05) is 31.2 Å². The van der Waals surface area contributed by atoms with Crippen molar-refractivity contribution in [3.05, 3.63) is 24.3 Å². The van der Waals surface area contributed by atoms with Crippen molar-refractivity contribution in [3.8, 4) is 5.75 Å². The third-order valence-corrected chi connectivity index (χ3v) is 3.36. The van der Waals surface area contributed by atoms with Gasteiger partial charge in [0.2, 0.25) is 0 Å². The zero-order valence-electron chi connectivity index (χ0n) is 9.77. The smallest absolute Gasteiger partial charge is 0.119 e. The monoisotopic (exact) mass is 241 g/mol. The Morgan fingerprint density at radius 1 is 1.50 bits per heavy atom. The SMILES string of the molecule is CCNC(CO)CSc1cccc(OC)c1. The molecule has 0 fully saturated rings. The standard InChI is InChI=1S/C12H19NO2S/c1-3-13-10(8-14)9-16-12-6-4-5-11(7-12)15-2/h4-7,10,13-14H,3,8-9H2,1-2H3. The Labute approximate surface area is 101 Å². The molecule has 1 aromatic rings. The fourth-order valence-corrected chi connectivity index (χ4v) is 2.34. The first-order valence-corrected chi connectivity index (χ1v) is 6.39. The van der Waals surface area contributed by atoms with Crippen LogP contribution in [0.1, 0.15) is 6.92 Å². The Bertz CT molecular complexity index is 307. The molecule has 4 heteroatoms. The lowest BCUT2D eigenvalue weighted by atomic mass is 10.3. The summed E-state index contributed by atoms with van der Waals surface area (Å²) in [7, 11) is 1.67. The van der Waals surface area contributed by atoms with Crippen molar-refractivity contribution in [1.82, 2.24) is 5.32 Å². The van der Waals surface area contributed by atoms with Crippen LogP contribution in [-0.4, -0.2) is 37.2 Å². The van der Waals surface area contributed by atoms with Gasteiger partial charge in [0.25, 0.3) is 0 Å². The molecule has 0 radical (unpaired) electrons. The van der Waals surface area contributed by atoms with Gasteiger partial charge in [0.1, 0.15) is 5.75 Å². The number of aliphatic hydroxyl groups is 1. The molecule has 0 aromatic heterocycles. The Hall–Kier alpha value is -0.710. The molecule has 0 spiro atoms. The van der Waals surface area contributed by atoms with E-state index >= 15 is 0 Å². The first-order valence-electron chi connectivity index (χ1n) is 5.41. The summed E-state index contributed by atoms with van der Waals surface area (Å²) in [6.45, 7) is 3.09. The van der Waals surface area contributed by atoms with Gasteiger partial charge in [-0.25, -0.2) is 0 Å². The van der Waals surface area contributed by atoms with Crippen LogP contribution in [0.4, 0.5) is 0 Å². The van der Waals surface area contributed by atoms with E-state index < -0.39 is 0 Å². The molecule has 0 amide bonds. The van der Waals surface area contributed by atoms with Crippen molar-refractivity contribution in [2.75, 3.05) is 26.0 Å². The number of rotatable bonds is 7. The van der Waals surface area contributed by atoms with Gasteiger partial charge in [-0.3, -0.25) is 0 Å². The minimum absolute atomic E-state index is 0.154. The summed E-state index contributed by atoms with van der Waals surface area (Å²) in [4.78, 5) is 1.16. The van der Waals surface area contributed by atoms with Crippen LogP contribution in [0.3, 0.4) is 0 Å². The first-order chi connectivity index (χ1) is 7.80. The maximum atomic E-state index is 9.14.